The Labute approximate surface area is 74.0 Å². The monoisotopic (exact) mass is 170 g/mol. The van der Waals surface area contributed by atoms with Gasteiger partial charge in [-0.15, -0.1) is 0 Å². The molecule has 0 aromatic carbocycles. The molecule has 0 unspecified atom stereocenters. The average molecular weight is 170 g/mol. The van der Waals surface area contributed by atoms with Crippen molar-refractivity contribution in [3.05, 3.63) is 0 Å². The van der Waals surface area contributed by atoms with Crippen molar-refractivity contribution < 1.29 is 9.90 Å². The first-order chi connectivity index (χ1) is 5.84. The molecule has 1 rings (SSSR count). The molecule has 0 aromatic rings. The molecule has 1 aliphatic rings. The Hall–Kier alpha value is -0.370. The van der Waals surface area contributed by atoms with Crippen molar-refractivity contribution in [2.45, 2.75) is 44.9 Å². The lowest BCUT2D eigenvalue weighted by Gasteiger charge is -2.10. The highest BCUT2D eigenvalue weighted by atomic mass is 16.3. The Kier molecular flexibility index (Phi) is 4.30. The van der Waals surface area contributed by atoms with Crippen molar-refractivity contribution in [3.63, 3.8) is 0 Å². The summed E-state index contributed by atoms with van der Waals surface area (Å²) in [4.78, 5) is 11.4. The van der Waals surface area contributed by atoms with Crippen LogP contribution in [-0.2, 0) is 4.79 Å². The Bertz CT molecular complexity index is 135. The van der Waals surface area contributed by atoms with E-state index in [0.29, 0.717) is 6.42 Å². The summed E-state index contributed by atoms with van der Waals surface area (Å²) >= 11 is 0. The maximum absolute atomic E-state index is 11.4. The van der Waals surface area contributed by atoms with Crippen LogP contribution in [0.15, 0.2) is 0 Å². The van der Waals surface area contributed by atoms with Crippen LogP contribution < -0.4 is 0 Å². The molecule has 0 amide bonds. The number of aliphatic hydroxyl groups is 1. The van der Waals surface area contributed by atoms with Crippen LogP contribution in [0.2, 0.25) is 0 Å². The molecule has 0 spiro atoms. The molecule has 70 valence electrons. The maximum Gasteiger partial charge on any atom is 0.138 e. The van der Waals surface area contributed by atoms with E-state index in [4.69, 9.17) is 5.11 Å². The molecule has 1 N–H and O–H groups in total. The molecule has 1 aliphatic carbocycles. The average Bonchev–Trinajstić information content (AvgIpc) is 2.32. The van der Waals surface area contributed by atoms with Gasteiger partial charge in [0.1, 0.15) is 5.78 Å². The van der Waals surface area contributed by atoms with Crippen molar-refractivity contribution in [2.24, 2.45) is 5.92 Å². The molecule has 2 nitrogen and oxygen atoms in total. The van der Waals surface area contributed by atoms with Gasteiger partial charge < -0.3 is 5.11 Å². The highest BCUT2D eigenvalue weighted by Crippen LogP contribution is 2.24. The number of rotatable bonds is 3. The fraction of sp³-hybridized carbons (Fsp3) is 0.900. The van der Waals surface area contributed by atoms with E-state index in [1.54, 1.807) is 0 Å². The van der Waals surface area contributed by atoms with E-state index in [2.05, 4.69) is 0 Å². The smallest absolute Gasteiger partial charge is 0.138 e. The summed E-state index contributed by atoms with van der Waals surface area (Å²) < 4.78 is 0. The van der Waals surface area contributed by atoms with Crippen LogP contribution in [0, 0.1) is 5.92 Å². The van der Waals surface area contributed by atoms with E-state index < -0.39 is 0 Å². The van der Waals surface area contributed by atoms with Crippen molar-refractivity contribution in [1.82, 2.24) is 0 Å². The Balaban J connectivity index is 2.32. The van der Waals surface area contributed by atoms with Crippen molar-refractivity contribution in [3.8, 4) is 0 Å². The number of carbonyl (C=O) groups is 1. The number of hydrogen-bond acceptors (Lipinski definition) is 2. The molecule has 0 aromatic heterocycles. The van der Waals surface area contributed by atoms with E-state index in [1.165, 1.54) is 25.7 Å². The fourth-order valence-corrected chi connectivity index (χ4v) is 1.92. The Morgan fingerprint density at radius 2 is 1.75 bits per heavy atom. The van der Waals surface area contributed by atoms with Crippen LogP contribution in [0.5, 0.6) is 0 Å². The number of Topliss-reactive ketones (excluding diaryl/α,β-unsaturated/α-hetero) is 1. The lowest BCUT2D eigenvalue weighted by molar-refractivity contribution is -0.123. The summed E-state index contributed by atoms with van der Waals surface area (Å²) in [5.41, 5.74) is 0. The minimum atomic E-state index is 0.0231. The normalized spacial score (nSPS) is 20.4. The van der Waals surface area contributed by atoms with E-state index in [9.17, 15) is 4.79 Å². The molecule has 0 bridgehead atoms. The maximum atomic E-state index is 11.4. The molecule has 0 saturated heterocycles. The Morgan fingerprint density at radius 1 is 1.17 bits per heavy atom. The van der Waals surface area contributed by atoms with Crippen molar-refractivity contribution >= 4 is 5.78 Å². The molecule has 0 atom stereocenters. The number of hydrogen-bond donors (Lipinski definition) is 1. The second-order valence-electron chi connectivity index (χ2n) is 3.63. The lowest BCUT2D eigenvalue weighted by Crippen LogP contribution is -2.14. The predicted molar refractivity (Wildman–Crippen MR) is 47.9 cm³/mol. The zero-order valence-corrected chi connectivity index (χ0v) is 7.59. The first kappa shape index (κ1) is 9.72. The van der Waals surface area contributed by atoms with Gasteiger partial charge in [-0.3, -0.25) is 4.79 Å². The molecule has 12 heavy (non-hydrogen) atoms. The summed E-state index contributed by atoms with van der Waals surface area (Å²) in [7, 11) is 0. The second kappa shape index (κ2) is 5.31. The van der Waals surface area contributed by atoms with Crippen LogP contribution in [-0.4, -0.2) is 17.5 Å². The van der Waals surface area contributed by atoms with Gasteiger partial charge in [-0.2, -0.15) is 0 Å². The molecule has 1 saturated carbocycles. The highest BCUT2D eigenvalue weighted by Gasteiger charge is 2.18. The van der Waals surface area contributed by atoms with Gasteiger partial charge in [0.2, 0.25) is 0 Å². The van der Waals surface area contributed by atoms with Crippen molar-refractivity contribution in [1.29, 1.82) is 0 Å². The topological polar surface area (TPSA) is 37.3 Å². The van der Waals surface area contributed by atoms with Crippen LogP contribution in [0.25, 0.3) is 0 Å². The number of aliphatic hydroxyl groups excluding tert-OH is 1. The van der Waals surface area contributed by atoms with E-state index in [-0.39, 0.29) is 18.3 Å². The third-order valence-corrected chi connectivity index (χ3v) is 2.67. The van der Waals surface area contributed by atoms with Gasteiger partial charge in [-0.05, 0) is 12.8 Å². The predicted octanol–water partition coefficient (Wildman–Crippen LogP) is 1.91. The summed E-state index contributed by atoms with van der Waals surface area (Å²) in [6, 6.07) is 0. The first-order valence-electron chi connectivity index (χ1n) is 4.98. The second-order valence-corrected chi connectivity index (χ2v) is 3.63. The van der Waals surface area contributed by atoms with Gasteiger partial charge in [0.25, 0.3) is 0 Å². The molecule has 2 heteroatoms. The quantitative estimate of drug-likeness (QED) is 0.657. The van der Waals surface area contributed by atoms with Gasteiger partial charge >= 0.3 is 0 Å². The van der Waals surface area contributed by atoms with Crippen LogP contribution in [0.3, 0.4) is 0 Å². The lowest BCUT2D eigenvalue weighted by atomic mass is 9.94. The van der Waals surface area contributed by atoms with Gasteiger partial charge in [0.15, 0.2) is 0 Å². The molecule has 0 aliphatic heterocycles. The highest BCUT2D eigenvalue weighted by molar-refractivity contribution is 5.81. The summed E-state index contributed by atoms with van der Waals surface area (Å²) in [6.07, 6.45) is 7.43. The minimum absolute atomic E-state index is 0.0231. The third-order valence-electron chi connectivity index (χ3n) is 2.67. The van der Waals surface area contributed by atoms with Gasteiger partial charge in [0, 0.05) is 18.9 Å². The van der Waals surface area contributed by atoms with Gasteiger partial charge in [-0.1, -0.05) is 25.7 Å². The van der Waals surface area contributed by atoms with Crippen LogP contribution >= 0.6 is 0 Å². The van der Waals surface area contributed by atoms with E-state index >= 15 is 0 Å². The molecular formula is C10H18O2. The molecular weight excluding hydrogens is 152 g/mol. The molecule has 1 fully saturated rings. The number of carbonyl (C=O) groups excluding carboxylic acids is 1. The first-order valence-corrected chi connectivity index (χ1v) is 4.98. The zero-order valence-electron chi connectivity index (χ0n) is 7.59. The fourth-order valence-electron chi connectivity index (χ4n) is 1.92. The van der Waals surface area contributed by atoms with E-state index in [1.807, 2.05) is 0 Å². The van der Waals surface area contributed by atoms with Crippen LogP contribution in [0.4, 0.5) is 0 Å². The number of ketones is 1. The summed E-state index contributed by atoms with van der Waals surface area (Å²) in [6.45, 7) is 0.0231. The molecule has 0 heterocycles. The van der Waals surface area contributed by atoms with E-state index in [0.717, 1.165) is 12.8 Å². The standard InChI is InChI=1S/C10H18O2/c11-8-7-10(12)9-5-3-1-2-4-6-9/h9,11H,1-8H2. The summed E-state index contributed by atoms with van der Waals surface area (Å²) in [5, 5.41) is 8.62. The van der Waals surface area contributed by atoms with Crippen molar-refractivity contribution in [2.75, 3.05) is 6.61 Å². The van der Waals surface area contributed by atoms with Gasteiger partial charge in [-0.25, -0.2) is 0 Å². The molecule has 0 radical (unpaired) electrons. The minimum Gasteiger partial charge on any atom is -0.396 e. The van der Waals surface area contributed by atoms with Gasteiger partial charge in [0.05, 0.1) is 0 Å². The van der Waals surface area contributed by atoms with Crippen LogP contribution in [0.1, 0.15) is 44.9 Å². The third kappa shape index (κ3) is 2.94. The summed E-state index contributed by atoms with van der Waals surface area (Å²) in [5.74, 6) is 0.541. The Morgan fingerprint density at radius 3 is 2.25 bits per heavy atom. The largest absolute Gasteiger partial charge is 0.396 e. The SMILES string of the molecule is O=C(CCO)C1CCCCCC1. The zero-order chi connectivity index (χ0) is 8.81.